The molecule has 0 saturated carbocycles. The largest absolute Gasteiger partial charge is 0.480 e. The molecule has 2 aromatic carbocycles. The second-order valence-electron chi connectivity index (χ2n) is 14.7. The van der Waals surface area contributed by atoms with Crippen molar-refractivity contribution in [3.8, 4) is 0 Å². The van der Waals surface area contributed by atoms with Crippen LogP contribution in [0.1, 0.15) is 71.4 Å². The number of allylic oxidation sites excluding steroid dienone is 4. The Balaban J connectivity index is 1.51. The van der Waals surface area contributed by atoms with Gasteiger partial charge in [-0.3, -0.25) is 0 Å². The highest BCUT2D eigenvalue weighted by molar-refractivity contribution is 8.12. The number of fused-ring (bicyclic) bond motifs is 2. The van der Waals surface area contributed by atoms with Gasteiger partial charge in [-0.15, -0.1) is 0 Å². The van der Waals surface area contributed by atoms with Gasteiger partial charge in [0.25, 0.3) is 0 Å². The van der Waals surface area contributed by atoms with E-state index in [4.69, 9.17) is 4.74 Å². The highest BCUT2D eigenvalue weighted by Gasteiger charge is 2.44. The van der Waals surface area contributed by atoms with Gasteiger partial charge in [-0.2, -0.15) is 17.7 Å². The van der Waals surface area contributed by atoms with Gasteiger partial charge in [0.1, 0.15) is 13.2 Å². The molecule has 0 spiro atoms. The Morgan fingerprint density at radius 2 is 1.54 bits per heavy atom. The number of carbonyl (C=O) groups is 1. The molecule has 2 heterocycles. The van der Waals surface area contributed by atoms with E-state index in [9.17, 15) is 43.2 Å². The molecule has 2 aromatic rings. The van der Waals surface area contributed by atoms with Gasteiger partial charge in [0.2, 0.25) is 15.7 Å². The number of halogens is 3. The highest BCUT2D eigenvalue weighted by atomic mass is 32.3. The number of sulfonamides is 3. The molecule has 2 aliphatic rings. The molecule has 0 radical (unpaired) electrons. The summed E-state index contributed by atoms with van der Waals surface area (Å²) in [6.07, 6.45) is 7.01. The fourth-order valence-electron chi connectivity index (χ4n) is 6.88. The summed E-state index contributed by atoms with van der Waals surface area (Å²) in [5.41, 5.74) is -0.507. The Bertz CT molecular complexity index is 2250. The Morgan fingerprint density at radius 1 is 0.911 bits per heavy atom. The molecule has 0 atom stereocenters. The van der Waals surface area contributed by atoms with Crippen LogP contribution in [0.15, 0.2) is 84.6 Å². The van der Waals surface area contributed by atoms with Gasteiger partial charge >= 0.3 is 11.5 Å². The van der Waals surface area contributed by atoms with Gasteiger partial charge in [-0.25, -0.2) is 34.8 Å². The SMILES string of the molecule is C=C(C)C(=O)OCCNS(=O)(=O)CCCC[N+]1=C(C=CC=C2N(CCCCS(=O)(=O)[N-]S(=O)(=O)C(F)(F)F)c3ccccc3C2(C)C)C(C)(C)c2ccccc21. The van der Waals surface area contributed by atoms with Crippen molar-refractivity contribution in [2.75, 3.05) is 42.6 Å². The molecular weight excluding hydrogens is 794 g/mol. The van der Waals surface area contributed by atoms with Gasteiger partial charge in [0.15, 0.2) is 15.7 Å². The number of alkyl halides is 3. The zero-order chi connectivity index (χ0) is 41.7. The number of ether oxygens (including phenoxy) is 1. The molecule has 0 saturated heterocycles. The van der Waals surface area contributed by atoms with Crippen LogP contribution in [0.4, 0.5) is 24.5 Å². The predicted octanol–water partition coefficient (Wildman–Crippen LogP) is 6.45. The minimum Gasteiger partial charge on any atom is -0.461 e. The maximum Gasteiger partial charge on any atom is 0.480 e. The quantitative estimate of drug-likeness (QED) is 0.0726. The van der Waals surface area contributed by atoms with Crippen molar-refractivity contribution in [2.45, 2.75) is 76.6 Å². The first-order chi connectivity index (χ1) is 25.9. The summed E-state index contributed by atoms with van der Waals surface area (Å²) in [6, 6.07) is 15.8. The topological polar surface area (TPSA) is 161 Å². The van der Waals surface area contributed by atoms with E-state index < -0.39 is 58.1 Å². The van der Waals surface area contributed by atoms with Gasteiger partial charge in [0.05, 0.1) is 21.2 Å². The molecule has 0 aromatic heterocycles. The smallest absolute Gasteiger partial charge is 0.461 e. The van der Waals surface area contributed by atoms with Gasteiger partial charge in [-0.1, -0.05) is 62.9 Å². The minimum atomic E-state index is -6.18. The lowest BCUT2D eigenvalue weighted by molar-refractivity contribution is -0.438. The summed E-state index contributed by atoms with van der Waals surface area (Å²) in [4.78, 5) is 13.6. The summed E-state index contributed by atoms with van der Waals surface area (Å²) in [5.74, 6) is -1.55. The first-order valence-electron chi connectivity index (χ1n) is 18.0. The molecule has 2 aliphatic heterocycles. The van der Waals surface area contributed by atoms with E-state index in [1.165, 1.54) is 6.92 Å². The Labute approximate surface area is 328 Å². The van der Waals surface area contributed by atoms with Crippen LogP contribution in [0.5, 0.6) is 0 Å². The van der Waals surface area contributed by atoms with Crippen molar-refractivity contribution in [1.82, 2.24) is 4.72 Å². The van der Waals surface area contributed by atoms with E-state index in [1.54, 1.807) is 0 Å². The second-order valence-corrected chi connectivity index (χ2v) is 20.2. The maximum absolute atomic E-state index is 12.7. The van der Waals surface area contributed by atoms with Crippen molar-refractivity contribution in [3.63, 3.8) is 0 Å². The van der Waals surface area contributed by atoms with Crippen LogP contribution in [0.25, 0.3) is 4.13 Å². The lowest BCUT2D eigenvalue weighted by Gasteiger charge is -2.27. The summed E-state index contributed by atoms with van der Waals surface area (Å²) < 4.78 is 122. The average Bonchev–Trinajstić information content (AvgIpc) is 3.44. The fraction of sp³-hybridized carbons (Fsp3) is 0.474. The lowest BCUT2D eigenvalue weighted by atomic mass is 9.81. The molecule has 12 nitrogen and oxygen atoms in total. The third kappa shape index (κ3) is 10.6. The second kappa shape index (κ2) is 17.3. The first-order valence-corrected chi connectivity index (χ1v) is 22.7. The van der Waals surface area contributed by atoms with Crippen LogP contribution in [-0.2, 0) is 50.4 Å². The molecule has 0 aliphatic carbocycles. The predicted molar refractivity (Wildman–Crippen MR) is 211 cm³/mol. The summed E-state index contributed by atoms with van der Waals surface area (Å²) >= 11 is 0. The highest BCUT2D eigenvalue weighted by Crippen LogP contribution is 2.48. The number of benzene rings is 2. The molecule has 1 N–H and O–H groups in total. The number of para-hydroxylation sites is 2. The molecule has 0 bridgehead atoms. The number of hydrogen-bond acceptors (Lipinski definition) is 9. The summed E-state index contributed by atoms with van der Waals surface area (Å²) in [7, 11) is -14.7. The number of carbonyl (C=O) groups excluding carboxylic acids is 1. The number of rotatable bonds is 19. The number of unbranched alkanes of at least 4 members (excludes halogenated alkanes) is 2. The van der Waals surface area contributed by atoms with Crippen LogP contribution >= 0.6 is 0 Å². The van der Waals surface area contributed by atoms with Crippen LogP contribution < -0.4 is 9.62 Å². The zero-order valence-corrected chi connectivity index (χ0v) is 34.5. The van der Waals surface area contributed by atoms with Crippen molar-refractivity contribution < 1.29 is 52.5 Å². The first kappa shape index (κ1) is 44.9. The molecule has 308 valence electrons. The summed E-state index contributed by atoms with van der Waals surface area (Å²) in [5, 5.41) is 0. The van der Waals surface area contributed by atoms with Crippen molar-refractivity contribution >= 4 is 53.1 Å². The van der Waals surface area contributed by atoms with Crippen molar-refractivity contribution in [1.29, 1.82) is 0 Å². The van der Waals surface area contributed by atoms with E-state index >= 15 is 0 Å². The number of anilines is 1. The van der Waals surface area contributed by atoms with Crippen LogP contribution in [0.3, 0.4) is 0 Å². The monoisotopic (exact) mass is 842 g/mol. The van der Waals surface area contributed by atoms with Crippen LogP contribution in [-0.4, -0.2) is 84.8 Å². The fourth-order valence-corrected chi connectivity index (χ4v) is 10.4. The third-order valence-corrected chi connectivity index (χ3v) is 14.2. The number of esters is 1. The minimum absolute atomic E-state index is 0.0392. The molecule has 0 unspecified atom stereocenters. The average molecular weight is 843 g/mol. The van der Waals surface area contributed by atoms with E-state index in [1.807, 2.05) is 65.6 Å². The van der Waals surface area contributed by atoms with E-state index in [0.717, 1.165) is 33.9 Å². The Morgan fingerprint density at radius 3 is 2.20 bits per heavy atom. The zero-order valence-electron chi connectivity index (χ0n) is 32.1. The molecule has 18 heteroatoms. The molecule has 0 fully saturated rings. The van der Waals surface area contributed by atoms with Gasteiger partial charge in [-0.05, 0) is 57.7 Å². The maximum atomic E-state index is 12.7. The van der Waals surface area contributed by atoms with Crippen LogP contribution in [0, 0.1) is 0 Å². The van der Waals surface area contributed by atoms with Gasteiger partial charge in [0, 0.05) is 65.3 Å². The lowest BCUT2D eigenvalue weighted by Crippen LogP contribution is -2.30. The molecular formula is C38H49F3N4O8S3. The van der Waals surface area contributed by atoms with E-state index in [2.05, 4.69) is 53.8 Å². The third-order valence-electron chi connectivity index (χ3n) is 9.70. The summed E-state index contributed by atoms with van der Waals surface area (Å²) in [6.45, 7) is 14.1. The van der Waals surface area contributed by atoms with Crippen molar-refractivity contribution in [3.05, 3.63) is 99.9 Å². The van der Waals surface area contributed by atoms with E-state index in [-0.39, 0.29) is 37.3 Å². The standard InChI is InChI=1S/C38H49F3N4O8S3/c1-28(2)35(46)53-25-22-42-54(47,48)26-13-11-23-44-31-18-9-7-16-29(31)36(3,4)33(44)20-15-21-34-37(5,6)30-17-8-10-19-32(30)45(34)24-12-14-27-55(49,50)43-56(51,52)38(39,40)41/h7-10,15-21,42H,1,11-14,22-27H2,2-6H3. The number of nitrogens with zero attached hydrogens (tertiary/aromatic N) is 3. The van der Waals surface area contributed by atoms with Crippen LogP contribution in [0.2, 0.25) is 0 Å². The molecule has 0 amide bonds. The Kier molecular flexibility index (Phi) is 13.9. The number of nitrogens with one attached hydrogen (secondary N) is 1. The van der Waals surface area contributed by atoms with Gasteiger partial charge < -0.3 is 13.8 Å². The molecule has 56 heavy (non-hydrogen) atoms. The molecule has 4 rings (SSSR count). The van der Waals surface area contributed by atoms with Crippen molar-refractivity contribution in [2.24, 2.45) is 0 Å². The number of hydrogen-bond donors (Lipinski definition) is 1. The van der Waals surface area contributed by atoms with E-state index in [0.29, 0.717) is 25.9 Å². The normalized spacial score (nSPS) is 17.4. The Hall–Kier alpha value is -3.84.